The van der Waals surface area contributed by atoms with Crippen molar-refractivity contribution in [2.75, 3.05) is 104 Å². The molecule has 4 aliphatic heterocycles. The second kappa shape index (κ2) is 24.7. The van der Waals surface area contributed by atoms with E-state index >= 15 is 0 Å². The van der Waals surface area contributed by atoms with E-state index in [0.717, 1.165) is 123 Å². The van der Waals surface area contributed by atoms with Crippen LogP contribution in [0.5, 0.6) is 0 Å². The van der Waals surface area contributed by atoms with Crippen molar-refractivity contribution in [2.45, 2.75) is 65.3 Å². The first-order valence-corrected chi connectivity index (χ1v) is 25.9. The number of nitrogens with one attached hydrogen (secondary N) is 3. The van der Waals surface area contributed by atoms with Gasteiger partial charge >= 0.3 is 0 Å². The maximum Gasteiger partial charge on any atom is 0.272 e. The lowest BCUT2D eigenvalue weighted by Crippen LogP contribution is -2.51. The number of fused-ring (bicyclic) bond motifs is 1. The van der Waals surface area contributed by atoms with Crippen LogP contribution in [0.4, 0.5) is 5.69 Å². The first-order chi connectivity index (χ1) is 34.9. The number of aryl methyl sites for hydroxylation is 2. The standard InChI is InChI=1S/C55H72N12O5/c1-5-39-8-7-9-44(26-39)45(34-56-3)29-46(60-51(68)36-57-32-41-12-15-62(4)52(69)28-41)31-53(70)66-16-13-40(14-17-66)37-63-20-24-67(25-21-63)55(72)48-11-10-47(35-59-48)65-22-18-64(19-23-65)38-42-27-50-49(58-33-42)30-43(6-2)54(71)61-50/h7-11,26-27,29-30,33-35,40-41,57H,3,5-6,12-25,28,31-32,36-38H2,1-2,4H3,(H,60,68)(H,61,71)/b45-34+,46-29+. The van der Waals surface area contributed by atoms with Gasteiger partial charge in [0, 0.05) is 128 Å². The van der Waals surface area contributed by atoms with Crippen molar-refractivity contribution in [3.8, 4) is 0 Å². The van der Waals surface area contributed by atoms with Crippen molar-refractivity contribution >= 4 is 52.6 Å². The van der Waals surface area contributed by atoms with Crippen molar-refractivity contribution in [3.05, 3.63) is 117 Å². The maximum absolute atomic E-state index is 13.9. The maximum atomic E-state index is 13.9. The summed E-state index contributed by atoms with van der Waals surface area (Å²) in [6.07, 6.45) is 11.9. The molecule has 1 unspecified atom stereocenters. The van der Waals surface area contributed by atoms with E-state index in [2.05, 4.69) is 71.1 Å². The molecule has 4 fully saturated rings. The average Bonchev–Trinajstić information content (AvgIpc) is 3.39. The third-order valence-corrected chi connectivity index (χ3v) is 14.8. The van der Waals surface area contributed by atoms with Crippen molar-refractivity contribution in [1.82, 2.24) is 50.1 Å². The molecule has 0 saturated carbocycles. The molecule has 17 heteroatoms. The highest BCUT2D eigenvalue weighted by Gasteiger charge is 2.29. The highest BCUT2D eigenvalue weighted by Crippen LogP contribution is 2.25. The molecular formula is C55H72N12O5. The van der Waals surface area contributed by atoms with Crippen LogP contribution in [-0.2, 0) is 33.8 Å². The van der Waals surface area contributed by atoms with Gasteiger partial charge in [0.05, 0.1) is 35.9 Å². The fourth-order valence-electron chi connectivity index (χ4n) is 10.3. The number of piperidine rings is 2. The molecule has 0 spiro atoms. The number of anilines is 1. The van der Waals surface area contributed by atoms with Gasteiger partial charge in [0.15, 0.2) is 0 Å². The smallest absolute Gasteiger partial charge is 0.272 e. The minimum atomic E-state index is -0.253. The van der Waals surface area contributed by atoms with Crippen LogP contribution in [0.25, 0.3) is 16.6 Å². The summed E-state index contributed by atoms with van der Waals surface area (Å²) in [4.78, 5) is 94.4. The lowest BCUT2D eigenvalue weighted by atomic mass is 9.95. The van der Waals surface area contributed by atoms with E-state index in [-0.39, 0.29) is 48.1 Å². The topological polar surface area (TPSA) is 183 Å². The molecule has 0 aliphatic carbocycles. The highest BCUT2D eigenvalue weighted by molar-refractivity contribution is 5.92. The number of nitrogens with zero attached hydrogens (tertiary/aromatic N) is 9. The molecule has 4 aromatic rings. The SMILES string of the molecule is C=N/C=C(\C=C(/CC(=O)N1CCC(CN2CCN(C(=O)c3ccc(N4CCN(Cc5cnc6cc(CC)c(=O)[nH]c6c5)CC4)cn3)CC2)CC1)NC(=O)CNCC1CCN(C)C(=O)C1)c1cccc(CC)c1. The van der Waals surface area contributed by atoms with Gasteiger partial charge in [0.1, 0.15) is 5.69 Å². The van der Waals surface area contributed by atoms with Crippen molar-refractivity contribution in [3.63, 3.8) is 0 Å². The van der Waals surface area contributed by atoms with Crippen molar-refractivity contribution in [1.29, 1.82) is 0 Å². The lowest BCUT2D eigenvalue weighted by Gasteiger charge is -2.39. The number of allylic oxidation sites excluding steroid dienone is 2. The van der Waals surface area contributed by atoms with E-state index in [0.29, 0.717) is 69.4 Å². The third kappa shape index (κ3) is 13.7. The zero-order valence-corrected chi connectivity index (χ0v) is 42.4. The third-order valence-electron chi connectivity index (χ3n) is 14.8. The molecule has 4 amide bonds. The summed E-state index contributed by atoms with van der Waals surface area (Å²) >= 11 is 0. The van der Waals surface area contributed by atoms with E-state index in [1.165, 1.54) is 0 Å². The Labute approximate surface area is 423 Å². The second-order valence-corrected chi connectivity index (χ2v) is 19.9. The zero-order chi connectivity index (χ0) is 50.6. The van der Waals surface area contributed by atoms with Crippen LogP contribution in [0.2, 0.25) is 0 Å². The predicted molar refractivity (Wildman–Crippen MR) is 283 cm³/mol. The summed E-state index contributed by atoms with van der Waals surface area (Å²) in [5.41, 5.74) is 8.13. The van der Waals surface area contributed by atoms with Gasteiger partial charge in [-0.25, -0.2) is 4.98 Å². The van der Waals surface area contributed by atoms with Crippen LogP contribution in [0.1, 0.15) is 78.7 Å². The Morgan fingerprint density at radius 3 is 2.29 bits per heavy atom. The van der Waals surface area contributed by atoms with Crippen LogP contribution in [-0.4, -0.2) is 168 Å². The van der Waals surface area contributed by atoms with E-state index in [1.807, 2.05) is 78.6 Å². The van der Waals surface area contributed by atoms with Crippen LogP contribution in [0.3, 0.4) is 0 Å². The molecule has 7 heterocycles. The number of amides is 4. The van der Waals surface area contributed by atoms with Gasteiger partial charge in [-0.15, -0.1) is 0 Å². The number of hydrogen-bond acceptors (Lipinski definition) is 12. The molecule has 3 aromatic heterocycles. The molecule has 0 bridgehead atoms. The van der Waals surface area contributed by atoms with Gasteiger partial charge in [-0.05, 0) is 104 Å². The quantitative estimate of drug-likeness (QED) is 0.0953. The van der Waals surface area contributed by atoms with E-state index in [1.54, 1.807) is 11.1 Å². The van der Waals surface area contributed by atoms with E-state index < -0.39 is 0 Å². The lowest BCUT2D eigenvalue weighted by molar-refractivity contribution is -0.133. The molecule has 3 N–H and O–H groups in total. The van der Waals surface area contributed by atoms with Gasteiger partial charge in [-0.2, -0.15) is 0 Å². The number of piperazine rings is 2. The first kappa shape index (κ1) is 51.8. The summed E-state index contributed by atoms with van der Waals surface area (Å²) in [5, 5.41) is 6.26. The fraction of sp³-hybridized carbons (Fsp3) is 0.491. The molecule has 4 aliphatic rings. The normalized spacial score (nSPS) is 19.0. The Hall–Kier alpha value is -6.56. The minimum Gasteiger partial charge on any atom is -0.368 e. The number of aromatic nitrogens is 3. The minimum absolute atomic E-state index is 0.0317. The summed E-state index contributed by atoms with van der Waals surface area (Å²) in [6, 6.07) is 15.9. The molecule has 4 saturated heterocycles. The van der Waals surface area contributed by atoms with Gasteiger partial charge in [-0.3, -0.25) is 43.7 Å². The molecule has 8 rings (SSSR count). The Bertz CT molecular complexity index is 2680. The summed E-state index contributed by atoms with van der Waals surface area (Å²) in [6.45, 7) is 18.3. The van der Waals surface area contributed by atoms with Gasteiger partial charge in [0.25, 0.3) is 11.5 Å². The van der Waals surface area contributed by atoms with Crippen molar-refractivity contribution in [2.24, 2.45) is 16.8 Å². The van der Waals surface area contributed by atoms with E-state index in [9.17, 15) is 24.0 Å². The number of aromatic amines is 1. The van der Waals surface area contributed by atoms with Crippen LogP contribution in [0, 0.1) is 11.8 Å². The molecule has 17 nitrogen and oxygen atoms in total. The number of benzene rings is 1. The van der Waals surface area contributed by atoms with E-state index in [4.69, 9.17) is 0 Å². The van der Waals surface area contributed by atoms with Gasteiger partial charge in [-0.1, -0.05) is 38.1 Å². The number of pyridine rings is 3. The molecular weight excluding hydrogens is 909 g/mol. The summed E-state index contributed by atoms with van der Waals surface area (Å²) < 4.78 is 0. The second-order valence-electron chi connectivity index (χ2n) is 19.9. The monoisotopic (exact) mass is 981 g/mol. The Morgan fingerprint density at radius 2 is 1.58 bits per heavy atom. The fourth-order valence-corrected chi connectivity index (χ4v) is 10.3. The largest absolute Gasteiger partial charge is 0.368 e. The van der Waals surface area contributed by atoms with Crippen LogP contribution in [0.15, 0.2) is 88.7 Å². The zero-order valence-electron chi connectivity index (χ0n) is 42.4. The number of carbonyl (C=O) groups is 4. The number of aliphatic imine (C=N–C) groups is 1. The molecule has 72 heavy (non-hydrogen) atoms. The highest BCUT2D eigenvalue weighted by atomic mass is 16.2. The first-order valence-electron chi connectivity index (χ1n) is 25.9. The molecule has 1 aromatic carbocycles. The molecule has 1 atom stereocenters. The number of rotatable bonds is 18. The number of hydrogen-bond donors (Lipinski definition) is 3. The van der Waals surface area contributed by atoms with Gasteiger partial charge in [0.2, 0.25) is 17.7 Å². The molecule has 0 radical (unpaired) electrons. The summed E-state index contributed by atoms with van der Waals surface area (Å²) in [7, 11) is 1.82. The number of H-pyrrole nitrogens is 1. The number of carbonyl (C=O) groups excluding carboxylic acids is 4. The summed E-state index contributed by atoms with van der Waals surface area (Å²) in [5.74, 6) is 0.400. The van der Waals surface area contributed by atoms with Crippen LogP contribution >= 0.6 is 0 Å². The van der Waals surface area contributed by atoms with Crippen LogP contribution < -0.4 is 21.1 Å². The van der Waals surface area contributed by atoms with Crippen molar-refractivity contribution < 1.29 is 19.2 Å². The number of likely N-dealkylation sites (tertiary alicyclic amines) is 2. The average molecular weight is 981 g/mol. The predicted octanol–water partition coefficient (Wildman–Crippen LogP) is 4.35. The Balaban J connectivity index is 0.773. The Morgan fingerprint density at radius 1 is 0.819 bits per heavy atom. The molecule has 382 valence electrons. The Kier molecular flexibility index (Phi) is 17.8. The van der Waals surface area contributed by atoms with Gasteiger partial charge < -0.3 is 35.2 Å².